The SMILES string of the molecule is C[C@@](O)(CN1CCN(c2ccc(C#N)cc2Cl)[C@H](c2ccc(Cl)cc2)C1)c1ccc(=O)[nH]c1.Cn1cc([C@](C)(O)CN2CCN(c3ccc(C#N)cc3Cl)[C@H](c3ccc(Cl)cc3)C2)ccc1=O. The van der Waals surface area contributed by atoms with E-state index in [9.17, 15) is 30.3 Å². The number of benzene rings is 4. The molecule has 0 amide bonds. The van der Waals surface area contributed by atoms with Crippen LogP contribution in [0.25, 0.3) is 0 Å². The Morgan fingerprint density at radius 2 is 1.07 bits per heavy atom. The van der Waals surface area contributed by atoms with Crippen LogP contribution in [0.1, 0.15) is 59.3 Å². The van der Waals surface area contributed by atoms with E-state index in [1.165, 1.54) is 16.7 Å². The van der Waals surface area contributed by atoms with E-state index in [0.717, 1.165) is 22.5 Å². The van der Waals surface area contributed by atoms with Gasteiger partial charge in [-0.15, -0.1) is 0 Å². The Morgan fingerprint density at radius 1 is 0.627 bits per heavy atom. The monoisotopic (exact) mass is 978 g/mol. The Labute approximate surface area is 410 Å². The Hall–Kier alpha value is -5.64. The van der Waals surface area contributed by atoms with Crippen LogP contribution in [0.4, 0.5) is 11.4 Å². The van der Waals surface area contributed by atoms with E-state index in [2.05, 4.69) is 36.7 Å². The van der Waals surface area contributed by atoms with Crippen LogP contribution in [-0.2, 0) is 18.2 Å². The summed E-state index contributed by atoms with van der Waals surface area (Å²) in [6.45, 7) is 8.42. The Kier molecular flexibility index (Phi) is 15.5. The molecule has 8 rings (SSSR count). The predicted octanol–water partition coefficient (Wildman–Crippen LogP) is 8.66. The minimum atomic E-state index is -1.14. The summed E-state index contributed by atoms with van der Waals surface area (Å²) >= 11 is 25.4. The average molecular weight is 981 g/mol. The third-order valence-electron chi connectivity index (χ3n) is 12.4. The Bertz CT molecular complexity index is 2890. The van der Waals surface area contributed by atoms with Gasteiger partial charge in [-0.05, 0) is 97.8 Å². The molecule has 2 aromatic heterocycles. The zero-order valence-electron chi connectivity index (χ0n) is 37.2. The summed E-state index contributed by atoms with van der Waals surface area (Å²) < 4.78 is 1.48. The summed E-state index contributed by atoms with van der Waals surface area (Å²) in [4.78, 5) is 34.7. The van der Waals surface area contributed by atoms with Crippen molar-refractivity contribution in [2.45, 2.75) is 37.1 Å². The number of rotatable bonds is 10. The van der Waals surface area contributed by atoms with Gasteiger partial charge in [0.05, 0.1) is 56.8 Å². The molecule has 3 N–H and O–H groups in total. The summed E-state index contributed by atoms with van der Waals surface area (Å²) in [5, 5.41) is 43.2. The van der Waals surface area contributed by atoms with Crippen LogP contribution >= 0.6 is 46.4 Å². The molecule has 16 heteroatoms. The number of hydrogen-bond acceptors (Lipinski definition) is 10. The van der Waals surface area contributed by atoms with Gasteiger partial charge in [-0.1, -0.05) is 70.7 Å². The van der Waals surface area contributed by atoms with Gasteiger partial charge in [0.2, 0.25) is 11.1 Å². The lowest BCUT2D eigenvalue weighted by Crippen LogP contribution is -2.52. The fraction of sp³-hybridized carbons (Fsp3) is 0.294. The molecule has 0 radical (unpaired) electrons. The van der Waals surface area contributed by atoms with Gasteiger partial charge in [-0.2, -0.15) is 10.5 Å². The second kappa shape index (κ2) is 21.1. The minimum Gasteiger partial charge on any atom is -0.384 e. The molecule has 4 aromatic carbocycles. The van der Waals surface area contributed by atoms with Gasteiger partial charge in [0, 0.05) is 105 Å². The molecule has 2 aliphatic rings. The number of H-pyrrole nitrogens is 1. The highest BCUT2D eigenvalue weighted by Gasteiger charge is 2.36. The number of aliphatic hydroxyl groups is 2. The predicted molar refractivity (Wildman–Crippen MR) is 266 cm³/mol. The van der Waals surface area contributed by atoms with Crippen molar-refractivity contribution in [2.24, 2.45) is 7.05 Å². The number of hydrogen-bond donors (Lipinski definition) is 3. The first-order valence-corrected chi connectivity index (χ1v) is 23.2. The second-order valence-corrected chi connectivity index (χ2v) is 19.1. The minimum absolute atomic E-state index is 0.0344. The molecule has 6 aromatic rings. The number of nitrogens with zero attached hydrogens (tertiary/aromatic N) is 7. The number of nitrogens with one attached hydrogen (secondary N) is 1. The second-order valence-electron chi connectivity index (χ2n) is 17.4. The van der Waals surface area contributed by atoms with E-state index in [1.807, 2.05) is 60.7 Å². The Morgan fingerprint density at radius 3 is 1.48 bits per heavy atom. The van der Waals surface area contributed by atoms with Crippen LogP contribution in [0.15, 0.2) is 131 Å². The van der Waals surface area contributed by atoms with Crippen molar-refractivity contribution in [1.29, 1.82) is 10.5 Å². The first-order valence-electron chi connectivity index (χ1n) is 21.6. The number of β-amino-alcohol motifs (C(OH)–C–C–N with tert-alkyl or cyclic N) is 2. The van der Waals surface area contributed by atoms with Gasteiger partial charge >= 0.3 is 0 Å². The summed E-state index contributed by atoms with van der Waals surface area (Å²) in [7, 11) is 1.68. The lowest BCUT2D eigenvalue weighted by molar-refractivity contribution is 0.00952. The number of aryl methyl sites for hydroxylation is 1. The van der Waals surface area contributed by atoms with E-state index in [4.69, 9.17) is 46.4 Å². The van der Waals surface area contributed by atoms with E-state index in [0.29, 0.717) is 94.7 Å². The number of nitriles is 2. The average Bonchev–Trinajstić information content (AvgIpc) is 3.30. The molecular formula is C51H50Cl4N8O4. The molecule has 12 nitrogen and oxygen atoms in total. The standard InChI is InChI=1S/C26H26Cl2N4O2.C25H24Cl2N4O2/c1-26(34,20-6-10-25(33)30(2)15-20)17-31-11-12-32(23-9-3-18(14-29)13-22(23)28)24(16-31)19-4-7-21(27)8-5-19;1-25(33,19-5-9-24(32)29-14-19)16-30-10-11-31(22-8-2-17(13-28)12-21(22)27)23(15-30)18-3-6-20(26)7-4-18/h3-10,13,15,24,34H,11-12,16-17H2,1-2H3;2-9,12,14,23,33H,10-11,15-16H2,1H3,(H,29,32)/t24-,26+;23-,25+/m00/s1. The third-order valence-corrected chi connectivity index (χ3v) is 13.5. The van der Waals surface area contributed by atoms with Gasteiger partial charge in [-0.3, -0.25) is 19.4 Å². The van der Waals surface area contributed by atoms with Crippen molar-refractivity contribution in [1.82, 2.24) is 19.4 Å². The van der Waals surface area contributed by atoms with Crippen molar-refractivity contribution >= 4 is 57.8 Å². The maximum absolute atomic E-state index is 11.8. The number of aromatic amines is 1. The molecule has 4 atom stereocenters. The molecular weight excluding hydrogens is 930 g/mol. The smallest absolute Gasteiger partial charge is 0.250 e. The molecule has 0 spiro atoms. The van der Waals surface area contributed by atoms with Crippen LogP contribution in [0.2, 0.25) is 20.1 Å². The fourth-order valence-corrected chi connectivity index (χ4v) is 9.64. The highest BCUT2D eigenvalue weighted by atomic mass is 35.5. The van der Waals surface area contributed by atoms with Crippen molar-refractivity contribution in [3.05, 3.63) is 196 Å². The van der Waals surface area contributed by atoms with Gasteiger partial charge in [-0.25, -0.2) is 0 Å². The molecule has 0 bridgehead atoms. The topological polar surface area (TPSA) is 156 Å². The van der Waals surface area contributed by atoms with Crippen molar-refractivity contribution in [3.8, 4) is 12.1 Å². The van der Waals surface area contributed by atoms with Crippen LogP contribution in [0, 0.1) is 22.7 Å². The van der Waals surface area contributed by atoms with Crippen LogP contribution in [-0.4, -0.2) is 81.9 Å². The van der Waals surface area contributed by atoms with Gasteiger partial charge in [0.25, 0.3) is 0 Å². The highest BCUT2D eigenvalue weighted by Crippen LogP contribution is 2.39. The van der Waals surface area contributed by atoms with Crippen molar-refractivity contribution in [2.75, 3.05) is 62.2 Å². The molecule has 0 saturated carbocycles. The van der Waals surface area contributed by atoms with Gasteiger partial charge in [0.15, 0.2) is 0 Å². The molecule has 0 unspecified atom stereocenters. The van der Waals surface area contributed by atoms with Crippen molar-refractivity contribution in [3.63, 3.8) is 0 Å². The maximum Gasteiger partial charge on any atom is 0.250 e. The molecule has 2 saturated heterocycles. The highest BCUT2D eigenvalue weighted by molar-refractivity contribution is 6.34. The Balaban J connectivity index is 0.000000199. The molecule has 0 aliphatic carbocycles. The maximum atomic E-state index is 11.8. The first kappa shape index (κ1) is 49.3. The summed E-state index contributed by atoms with van der Waals surface area (Å²) in [5.74, 6) is 0. The summed E-state index contributed by atoms with van der Waals surface area (Å²) in [5.41, 5.74) is 3.68. The quantitative estimate of drug-likeness (QED) is 0.122. The van der Waals surface area contributed by atoms with E-state index >= 15 is 0 Å². The molecule has 4 heterocycles. The molecule has 2 fully saturated rings. The number of halogens is 4. The normalized spacial score (nSPS) is 18.4. The number of anilines is 2. The first-order chi connectivity index (χ1) is 31.9. The van der Waals surface area contributed by atoms with Crippen LogP contribution in [0.5, 0.6) is 0 Å². The molecule has 2 aliphatic heterocycles. The third kappa shape index (κ3) is 11.9. The van der Waals surface area contributed by atoms with Crippen LogP contribution in [0.3, 0.4) is 0 Å². The number of aromatic nitrogens is 2. The van der Waals surface area contributed by atoms with Gasteiger partial charge in [0.1, 0.15) is 11.2 Å². The fourth-order valence-electron chi connectivity index (χ4n) is 8.81. The van der Waals surface area contributed by atoms with Gasteiger partial charge < -0.3 is 29.6 Å². The van der Waals surface area contributed by atoms with E-state index in [-0.39, 0.29) is 23.2 Å². The largest absolute Gasteiger partial charge is 0.384 e. The number of piperazine rings is 2. The summed E-state index contributed by atoms with van der Waals surface area (Å²) in [6.07, 6.45) is 3.25. The zero-order chi connectivity index (χ0) is 48.0. The summed E-state index contributed by atoms with van der Waals surface area (Å²) in [6, 6.07) is 36.6. The van der Waals surface area contributed by atoms with Crippen molar-refractivity contribution < 1.29 is 10.2 Å². The molecule has 346 valence electrons. The zero-order valence-corrected chi connectivity index (χ0v) is 40.2. The van der Waals surface area contributed by atoms with Crippen LogP contribution < -0.4 is 20.9 Å². The number of pyridine rings is 2. The lowest BCUT2D eigenvalue weighted by atomic mass is 9.95. The lowest BCUT2D eigenvalue weighted by Gasteiger charge is -2.45. The van der Waals surface area contributed by atoms with E-state index < -0.39 is 11.2 Å². The molecule has 67 heavy (non-hydrogen) atoms. The van der Waals surface area contributed by atoms with E-state index in [1.54, 1.807) is 69.7 Å².